The fourth-order valence-electron chi connectivity index (χ4n) is 1.43. The molecule has 2 aromatic rings. The van der Waals surface area contributed by atoms with E-state index in [-0.39, 0.29) is 11.9 Å². The van der Waals surface area contributed by atoms with Gasteiger partial charge < -0.3 is 16.2 Å². The third kappa shape index (κ3) is 4.75. The normalized spacial score (nSPS) is 10.4. The summed E-state index contributed by atoms with van der Waals surface area (Å²) in [6, 6.07) is 7.25. The smallest absolute Gasteiger partial charge is 0.225 e. The van der Waals surface area contributed by atoms with Crippen LogP contribution in [0.5, 0.6) is 5.75 Å². The predicted molar refractivity (Wildman–Crippen MR) is 81.8 cm³/mol. The first kappa shape index (κ1) is 14.7. The predicted octanol–water partition coefficient (Wildman–Crippen LogP) is 2.00. The van der Waals surface area contributed by atoms with Gasteiger partial charge >= 0.3 is 0 Å². The van der Waals surface area contributed by atoms with E-state index in [1.807, 2.05) is 12.1 Å². The Morgan fingerprint density at radius 3 is 2.35 bits per heavy atom. The van der Waals surface area contributed by atoms with E-state index in [0.29, 0.717) is 23.2 Å². The van der Waals surface area contributed by atoms with Crippen LogP contribution in [0.25, 0.3) is 0 Å². The first-order chi connectivity index (χ1) is 9.63. The summed E-state index contributed by atoms with van der Waals surface area (Å²) in [6.07, 6.45) is 0. The number of nitrogens with two attached hydrogens (primary N) is 2. The molecular formula is C12H14ClN5OS. The van der Waals surface area contributed by atoms with Crippen LogP contribution in [-0.4, -0.2) is 27.3 Å². The average molecular weight is 312 g/mol. The molecule has 6 nitrogen and oxygen atoms in total. The molecule has 0 aliphatic rings. The number of nitrogens with zero attached hydrogens (tertiary/aromatic N) is 3. The van der Waals surface area contributed by atoms with Gasteiger partial charge in [-0.3, -0.25) is 0 Å². The lowest BCUT2D eigenvalue weighted by molar-refractivity contribution is 0.344. The molecule has 1 aromatic carbocycles. The van der Waals surface area contributed by atoms with Crippen molar-refractivity contribution in [2.75, 3.05) is 23.8 Å². The zero-order valence-electron chi connectivity index (χ0n) is 10.6. The molecule has 0 unspecified atom stereocenters. The van der Waals surface area contributed by atoms with Crippen molar-refractivity contribution < 1.29 is 4.74 Å². The molecule has 0 spiro atoms. The lowest BCUT2D eigenvalue weighted by Crippen LogP contribution is -2.07. The Morgan fingerprint density at radius 1 is 1.05 bits per heavy atom. The van der Waals surface area contributed by atoms with Crippen molar-refractivity contribution in [2.45, 2.75) is 5.75 Å². The van der Waals surface area contributed by atoms with Crippen LogP contribution in [0.2, 0.25) is 5.02 Å². The van der Waals surface area contributed by atoms with Gasteiger partial charge in [0.2, 0.25) is 11.9 Å². The summed E-state index contributed by atoms with van der Waals surface area (Å²) in [4.78, 5) is 11.7. The van der Waals surface area contributed by atoms with Crippen molar-refractivity contribution in [2.24, 2.45) is 0 Å². The molecule has 8 heteroatoms. The van der Waals surface area contributed by atoms with Gasteiger partial charge in [-0.15, -0.1) is 0 Å². The highest BCUT2D eigenvalue weighted by molar-refractivity contribution is 7.98. The molecule has 106 valence electrons. The fraction of sp³-hybridized carbons (Fsp3) is 0.250. The van der Waals surface area contributed by atoms with Crippen molar-refractivity contribution in [3.63, 3.8) is 0 Å². The number of halogens is 1. The molecule has 0 saturated heterocycles. The highest BCUT2D eigenvalue weighted by atomic mass is 35.5. The lowest BCUT2D eigenvalue weighted by atomic mass is 10.3. The maximum Gasteiger partial charge on any atom is 0.225 e. The van der Waals surface area contributed by atoms with E-state index in [4.69, 9.17) is 27.8 Å². The number of nitrogen functional groups attached to an aromatic ring is 2. The Balaban J connectivity index is 1.70. The molecule has 20 heavy (non-hydrogen) atoms. The Kier molecular flexibility index (Phi) is 5.25. The van der Waals surface area contributed by atoms with Crippen LogP contribution in [0, 0.1) is 0 Å². The van der Waals surface area contributed by atoms with Crippen molar-refractivity contribution in [1.29, 1.82) is 0 Å². The fourth-order valence-corrected chi connectivity index (χ4v) is 2.22. The number of ether oxygens (including phenoxy) is 1. The number of hydrogen-bond acceptors (Lipinski definition) is 7. The highest BCUT2D eigenvalue weighted by Gasteiger charge is 2.02. The molecule has 1 heterocycles. The monoisotopic (exact) mass is 311 g/mol. The third-order valence-electron chi connectivity index (χ3n) is 2.26. The van der Waals surface area contributed by atoms with Gasteiger partial charge in [-0.25, -0.2) is 0 Å². The number of thioether (sulfide) groups is 1. The first-order valence-electron chi connectivity index (χ1n) is 5.85. The second kappa shape index (κ2) is 7.16. The minimum Gasteiger partial charge on any atom is -0.493 e. The molecular weight excluding hydrogens is 298 g/mol. The van der Waals surface area contributed by atoms with Crippen LogP contribution in [0.3, 0.4) is 0 Å². The van der Waals surface area contributed by atoms with E-state index in [1.165, 1.54) is 0 Å². The van der Waals surface area contributed by atoms with Gasteiger partial charge in [-0.2, -0.15) is 26.7 Å². The Hall–Kier alpha value is -1.73. The summed E-state index contributed by atoms with van der Waals surface area (Å²) >= 11 is 7.42. The maximum atomic E-state index is 5.79. The van der Waals surface area contributed by atoms with Crippen molar-refractivity contribution >= 4 is 35.3 Å². The summed E-state index contributed by atoms with van der Waals surface area (Å²) in [6.45, 7) is 0.586. The molecule has 1 aromatic heterocycles. The van der Waals surface area contributed by atoms with Gasteiger partial charge in [0.25, 0.3) is 0 Å². The van der Waals surface area contributed by atoms with E-state index in [0.717, 1.165) is 11.5 Å². The largest absolute Gasteiger partial charge is 0.493 e. The number of anilines is 2. The third-order valence-corrected chi connectivity index (χ3v) is 3.43. The van der Waals surface area contributed by atoms with Crippen LogP contribution in [-0.2, 0) is 5.75 Å². The summed E-state index contributed by atoms with van der Waals surface area (Å²) in [5.41, 5.74) is 11.0. The second-order valence-electron chi connectivity index (χ2n) is 3.82. The molecule has 0 bridgehead atoms. The molecule has 0 amide bonds. The molecule has 4 N–H and O–H groups in total. The lowest BCUT2D eigenvalue weighted by Gasteiger charge is -2.06. The number of benzene rings is 1. The van der Waals surface area contributed by atoms with E-state index in [2.05, 4.69) is 15.0 Å². The highest BCUT2D eigenvalue weighted by Crippen LogP contribution is 2.16. The zero-order chi connectivity index (χ0) is 14.4. The quantitative estimate of drug-likeness (QED) is 0.787. The van der Waals surface area contributed by atoms with Crippen LogP contribution >= 0.6 is 23.4 Å². The van der Waals surface area contributed by atoms with E-state index < -0.39 is 0 Å². The Bertz CT molecular complexity index is 546. The van der Waals surface area contributed by atoms with Gasteiger partial charge in [0.1, 0.15) is 11.6 Å². The van der Waals surface area contributed by atoms with E-state index in [1.54, 1.807) is 23.9 Å². The minimum absolute atomic E-state index is 0.144. The first-order valence-corrected chi connectivity index (χ1v) is 7.39. The summed E-state index contributed by atoms with van der Waals surface area (Å²) in [5.74, 6) is 3.07. The van der Waals surface area contributed by atoms with Gasteiger partial charge in [0.05, 0.1) is 12.4 Å². The van der Waals surface area contributed by atoms with Gasteiger partial charge in [-0.1, -0.05) is 11.6 Å². The molecule has 0 radical (unpaired) electrons. The van der Waals surface area contributed by atoms with E-state index in [9.17, 15) is 0 Å². The SMILES string of the molecule is Nc1nc(N)nc(CSCCOc2ccc(Cl)cc2)n1. The van der Waals surface area contributed by atoms with E-state index >= 15 is 0 Å². The second-order valence-corrected chi connectivity index (χ2v) is 5.36. The summed E-state index contributed by atoms with van der Waals surface area (Å²) in [7, 11) is 0. The summed E-state index contributed by atoms with van der Waals surface area (Å²) < 4.78 is 5.56. The maximum absolute atomic E-state index is 5.79. The topological polar surface area (TPSA) is 99.9 Å². The summed E-state index contributed by atoms with van der Waals surface area (Å²) in [5, 5.41) is 0.691. The van der Waals surface area contributed by atoms with Crippen molar-refractivity contribution in [3.05, 3.63) is 35.1 Å². The van der Waals surface area contributed by atoms with Gasteiger partial charge in [0, 0.05) is 10.8 Å². The van der Waals surface area contributed by atoms with Crippen LogP contribution < -0.4 is 16.2 Å². The molecule has 2 rings (SSSR count). The number of rotatable bonds is 6. The standard InChI is InChI=1S/C12H14ClN5OS/c13-8-1-3-9(4-2-8)19-5-6-20-7-10-16-11(14)18-12(15)17-10/h1-4H,5-7H2,(H4,14,15,16,17,18). The molecule has 0 aliphatic carbocycles. The zero-order valence-corrected chi connectivity index (χ0v) is 12.2. The number of hydrogen-bond donors (Lipinski definition) is 2. The van der Waals surface area contributed by atoms with Crippen LogP contribution in [0.15, 0.2) is 24.3 Å². The Labute approximate surface area is 125 Å². The van der Waals surface area contributed by atoms with Crippen LogP contribution in [0.1, 0.15) is 5.82 Å². The average Bonchev–Trinajstić information content (AvgIpc) is 2.39. The molecule has 0 atom stereocenters. The van der Waals surface area contributed by atoms with Crippen molar-refractivity contribution in [1.82, 2.24) is 15.0 Å². The minimum atomic E-state index is 0.144. The van der Waals surface area contributed by atoms with Gasteiger partial charge in [0.15, 0.2) is 0 Å². The number of aromatic nitrogens is 3. The van der Waals surface area contributed by atoms with Gasteiger partial charge in [-0.05, 0) is 24.3 Å². The van der Waals surface area contributed by atoms with Crippen LogP contribution in [0.4, 0.5) is 11.9 Å². The molecule has 0 fully saturated rings. The molecule has 0 saturated carbocycles. The molecule has 0 aliphatic heterocycles. The van der Waals surface area contributed by atoms with Crippen molar-refractivity contribution in [3.8, 4) is 5.75 Å². The Morgan fingerprint density at radius 2 is 1.70 bits per heavy atom.